The first-order valence-corrected chi connectivity index (χ1v) is 16.0. The van der Waals surface area contributed by atoms with E-state index < -0.39 is 53.3 Å². The van der Waals surface area contributed by atoms with E-state index in [0.29, 0.717) is 52.6 Å². The number of rotatable bonds is 22. The number of halogens is 5. The van der Waals surface area contributed by atoms with Crippen LogP contribution in [0.25, 0.3) is 11.1 Å². The van der Waals surface area contributed by atoms with Crippen molar-refractivity contribution in [3.63, 3.8) is 0 Å². The molecule has 0 fully saturated rings. The highest BCUT2D eigenvalue weighted by Gasteiger charge is 2.30. The molecule has 4 rings (SSSR count). The van der Waals surface area contributed by atoms with E-state index in [-0.39, 0.29) is 39.0 Å². The molecular formula is C35H38F5NO9. The van der Waals surface area contributed by atoms with Crippen molar-refractivity contribution < 1.29 is 64.7 Å². The fraction of sp³-hybridized carbons (Fsp3) is 0.429. The van der Waals surface area contributed by atoms with Crippen LogP contribution in [0.4, 0.5) is 26.7 Å². The minimum absolute atomic E-state index is 0.0105. The van der Waals surface area contributed by atoms with Crippen molar-refractivity contribution in [2.75, 3.05) is 79.2 Å². The first kappa shape index (κ1) is 38.6. The molecule has 15 heteroatoms. The summed E-state index contributed by atoms with van der Waals surface area (Å²) >= 11 is 0. The Morgan fingerprint density at radius 1 is 0.580 bits per heavy atom. The predicted octanol–water partition coefficient (Wildman–Crippen LogP) is 5.69. The van der Waals surface area contributed by atoms with Gasteiger partial charge in [-0.15, -0.1) is 0 Å². The Bertz CT molecular complexity index is 1490. The number of hydrogen-bond acceptors (Lipinski definition) is 9. The molecular weight excluding hydrogens is 673 g/mol. The molecule has 0 saturated carbocycles. The van der Waals surface area contributed by atoms with Gasteiger partial charge in [0.25, 0.3) is 0 Å². The average molecular weight is 712 g/mol. The van der Waals surface area contributed by atoms with Gasteiger partial charge < -0.3 is 38.5 Å². The minimum atomic E-state index is -2.35. The van der Waals surface area contributed by atoms with E-state index in [4.69, 9.17) is 28.4 Å². The molecule has 0 aromatic heterocycles. The Morgan fingerprint density at radius 2 is 1.02 bits per heavy atom. The number of ether oxygens (including phenoxy) is 7. The normalized spacial score (nSPS) is 12.1. The van der Waals surface area contributed by atoms with E-state index in [1.54, 1.807) is 0 Å². The zero-order valence-electron chi connectivity index (χ0n) is 27.2. The summed E-state index contributed by atoms with van der Waals surface area (Å²) in [6.07, 6.45) is -0.335. The van der Waals surface area contributed by atoms with Crippen molar-refractivity contribution in [2.45, 2.75) is 18.8 Å². The van der Waals surface area contributed by atoms with Crippen molar-refractivity contribution in [3.8, 4) is 16.9 Å². The van der Waals surface area contributed by atoms with Gasteiger partial charge in [0.15, 0.2) is 0 Å². The van der Waals surface area contributed by atoms with E-state index in [9.17, 15) is 31.5 Å². The van der Waals surface area contributed by atoms with Crippen LogP contribution in [-0.2, 0) is 33.2 Å². The molecule has 1 aliphatic rings. The first-order valence-electron chi connectivity index (χ1n) is 16.0. The first-order chi connectivity index (χ1) is 24.3. The Labute approximate surface area is 285 Å². The number of esters is 1. The smallest absolute Gasteiger partial charge is 0.407 e. The van der Waals surface area contributed by atoms with Crippen LogP contribution >= 0.6 is 0 Å². The molecule has 0 spiro atoms. The van der Waals surface area contributed by atoms with Crippen LogP contribution in [0.1, 0.15) is 29.9 Å². The molecule has 0 radical (unpaired) electrons. The second-order valence-corrected chi connectivity index (χ2v) is 10.8. The SMILES string of the molecule is O=C(CCOCCOCCOCCOCCOCCCNC(=O)OCC1c2ccccc2-c2ccccc21)Oc1c(F)c(F)c(F)c(F)c1F. The number of fused-ring (bicyclic) bond motifs is 3. The third-order valence-electron chi connectivity index (χ3n) is 7.40. The summed E-state index contributed by atoms with van der Waals surface area (Å²) in [6, 6.07) is 16.3. The molecule has 0 saturated heterocycles. The van der Waals surface area contributed by atoms with E-state index >= 15 is 0 Å². The summed E-state index contributed by atoms with van der Waals surface area (Å²) in [6.45, 7) is 3.17. The third-order valence-corrected chi connectivity index (χ3v) is 7.40. The molecule has 1 N–H and O–H groups in total. The van der Waals surface area contributed by atoms with Gasteiger partial charge in [-0.25, -0.2) is 18.0 Å². The molecule has 3 aromatic carbocycles. The molecule has 0 heterocycles. The monoisotopic (exact) mass is 711 g/mol. The van der Waals surface area contributed by atoms with Crippen LogP contribution in [-0.4, -0.2) is 91.3 Å². The van der Waals surface area contributed by atoms with E-state index in [2.05, 4.69) is 34.3 Å². The summed E-state index contributed by atoms with van der Waals surface area (Å²) in [4.78, 5) is 23.9. The largest absolute Gasteiger partial charge is 0.449 e. The summed E-state index contributed by atoms with van der Waals surface area (Å²) in [5.74, 6) is -14.1. The van der Waals surface area contributed by atoms with Gasteiger partial charge in [-0.3, -0.25) is 4.79 Å². The molecule has 1 amide bonds. The van der Waals surface area contributed by atoms with Crippen molar-refractivity contribution in [1.29, 1.82) is 0 Å². The fourth-order valence-electron chi connectivity index (χ4n) is 4.99. The van der Waals surface area contributed by atoms with Crippen LogP contribution in [0.15, 0.2) is 48.5 Å². The molecule has 0 atom stereocenters. The maximum atomic E-state index is 13.6. The van der Waals surface area contributed by atoms with Crippen LogP contribution in [0.5, 0.6) is 5.75 Å². The number of carbonyl (C=O) groups is 2. The molecule has 3 aromatic rings. The molecule has 10 nitrogen and oxygen atoms in total. The van der Waals surface area contributed by atoms with Crippen LogP contribution in [0.3, 0.4) is 0 Å². The minimum Gasteiger partial charge on any atom is -0.449 e. The van der Waals surface area contributed by atoms with E-state index in [0.717, 1.165) is 11.1 Å². The zero-order chi connectivity index (χ0) is 35.7. The van der Waals surface area contributed by atoms with Crippen molar-refractivity contribution >= 4 is 12.1 Å². The lowest BCUT2D eigenvalue weighted by Gasteiger charge is -2.14. The molecule has 50 heavy (non-hydrogen) atoms. The van der Waals surface area contributed by atoms with Gasteiger partial charge in [-0.1, -0.05) is 48.5 Å². The highest BCUT2D eigenvalue weighted by atomic mass is 19.2. The van der Waals surface area contributed by atoms with Gasteiger partial charge in [-0.05, 0) is 28.7 Å². The molecule has 272 valence electrons. The van der Waals surface area contributed by atoms with Gasteiger partial charge in [0, 0.05) is 19.1 Å². The summed E-state index contributed by atoms with van der Waals surface area (Å²) in [7, 11) is 0. The topological polar surface area (TPSA) is 111 Å². The van der Waals surface area contributed by atoms with Gasteiger partial charge in [0.2, 0.25) is 34.8 Å². The van der Waals surface area contributed by atoms with Crippen molar-refractivity contribution in [1.82, 2.24) is 5.32 Å². The van der Waals surface area contributed by atoms with Gasteiger partial charge in [-0.2, -0.15) is 8.78 Å². The highest BCUT2D eigenvalue weighted by Crippen LogP contribution is 2.44. The van der Waals surface area contributed by atoms with Crippen LogP contribution in [0.2, 0.25) is 0 Å². The van der Waals surface area contributed by atoms with Gasteiger partial charge >= 0.3 is 12.1 Å². The number of carbonyl (C=O) groups excluding carboxylic acids is 2. The fourth-order valence-corrected chi connectivity index (χ4v) is 4.99. The maximum absolute atomic E-state index is 13.6. The van der Waals surface area contributed by atoms with E-state index in [1.807, 2.05) is 24.3 Å². The number of alkyl carbamates (subject to hydrolysis) is 1. The highest BCUT2D eigenvalue weighted by molar-refractivity contribution is 5.79. The lowest BCUT2D eigenvalue weighted by molar-refractivity contribution is -0.136. The maximum Gasteiger partial charge on any atom is 0.407 e. The lowest BCUT2D eigenvalue weighted by atomic mass is 9.98. The standard InChI is InChI=1S/C35H38F5NO9/c36-29-30(37)32(39)34(33(40)31(29)38)50-28(42)10-13-45-15-17-47-19-21-48-20-18-46-16-14-44-12-5-11-41-35(43)49-22-27-25-8-3-1-6-23(25)24-7-2-4-9-26(24)27/h1-4,6-9,27H,5,10-22H2,(H,41,43). The zero-order valence-corrected chi connectivity index (χ0v) is 27.2. The van der Waals surface area contributed by atoms with E-state index in [1.165, 1.54) is 11.1 Å². The number of amides is 1. The predicted molar refractivity (Wildman–Crippen MR) is 168 cm³/mol. The number of hydrogen-bond donors (Lipinski definition) is 1. The summed E-state index contributed by atoms with van der Waals surface area (Å²) < 4.78 is 103. The third kappa shape index (κ3) is 11.2. The van der Waals surface area contributed by atoms with Gasteiger partial charge in [0.1, 0.15) is 6.61 Å². The van der Waals surface area contributed by atoms with Crippen LogP contribution in [0, 0.1) is 29.1 Å². The average Bonchev–Trinajstić information content (AvgIpc) is 3.45. The molecule has 0 bridgehead atoms. The van der Waals surface area contributed by atoms with Crippen molar-refractivity contribution in [3.05, 3.63) is 88.7 Å². The second-order valence-electron chi connectivity index (χ2n) is 10.8. The quantitative estimate of drug-likeness (QED) is 0.0351. The summed E-state index contributed by atoms with van der Waals surface area (Å²) in [5.41, 5.74) is 4.67. The van der Waals surface area contributed by atoms with Crippen molar-refractivity contribution in [2.24, 2.45) is 0 Å². The summed E-state index contributed by atoms with van der Waals surface area (Å²) in [5, 5.41) is 2.75. The Balaban J connectivity index is 0.894. The van der Waals surface area contributed by atoms with Gasteiger partial charge in [0.05, 0.1) is 65.9 Å². The Morgan fingerprint density at radius 3 is 1.54 bits per heavy atom. The number of nitrogens with one attached hydrogen (secondary N) is 1. The Hall–Kier alpha value is -4.15. The molecule has 1 aliphatic carbocycles. The number of benzene rings is 3. The Kier molecular flexibility index (Phi) is 15.9. The molecule has 0 aliphatic heterocycles. The second kappa shape index (κ2) is 20.5. The lowest BCUT2D eigenvalue weighted by Crippen LogP contribution is -2.27. The molecule has 0 unspecified atom stereocenters. The van der Waals surface area contributed by atoms with Crippen LogP contribution < -0.4 is 10.1 Å².